The second-order valence-electron chi connectivity index (χ2n) is 7.28. The SMILES string of the molecule is CS(=O)(=O)N(CC(=O)NN=Cc1c2ccccc2cc2ccccc12)c1cccc(Cl)c1. The molecule has 1 N–H and O–H groups in total. The van der Waals surface area contributed by atoms with E-state index in [4.69, 9.17) is 11.6 Å². The maximum atomic E-state index is 12.5. The van der Waals surface area contributed by atoms with E-state index >= 15 is 0 Å². The number of hydrogen-bond acceptors (Lipinski definition) is 4. The molecule has 0 saturated heterocycles. The van der Waals surface area contributed by atoms with Crippen LogP contribution in [0.4, 0.5) is 5.69 Å². The molecule has 6 nitrogen and oxygen atoms in total. The molecule has 0 bridgehead atoms. The summed E-state index contributed by atoms with van der Waals surface area (Å²) in [5.74, 6) is -0.573. The zero-order valence-electron chi connectivity index (χ0n) is 17.2. The van der Waals surface area contributed by atoms with Crippen LogP contribution in [0.25, 0.3) is 21.5 Å². The van der Waals surface area contributed by atoms with Gasteiger partial charge in [0.15, 0.2) is 0 Å². The van der Waals surface area contributed by atoms with Gasteiger partial charge in [-0.15, -0.1) is 0 Å². The van der Waals surface area contributed by atoms with Gasteiger partial charge in [-0.3, -0.25) is 9.10 Å². The predicted molar refractivity (Wildman–Crippen MR) is 131 cm³/mol. The fraction of sp³-hybridized carbons (Fsp3) is 0.0833. The van der Waals surface area contributed by atoms with E-state index in [1.54, 1.807) is 24.4 Å². The standard InChI is InChI=1S/C24H20ClN3O3S/c1-32(30,31)28(20-10-6-9-19(25)14-20)16-24(29)27-26-15-23-21-11-4-2-7-17(21)13-18-8-3-5-12-22(18)23/h2-15H,16H2,1H3,(H,27,29). The Kier molecular flexibility index (Phi) is 6.12. The number of halogens is 1. The van der Waals surface area contributed by atoms with E-state index in [0.29, 0.717) is 10.7 Å². The number of rotatable bonds is 6. The summed E-state index contributed by atoms with van der Waals surface area (Å²) >= 11 is 5.98. The van der Waals surface area contributed by atoms with Crippen LogP contribution in [-0.4, -0.2) is 33.3 Å². The Morgan fingerprint density at radius 1 is 0.969 bits per heavy atom. The van der Waals surface area contributed by atoms with Gasteiger partial charge in [0.1, 0.15) is 6.54 Å². The van der Waals surface area contributed by atoms with Crippen molar-refractivity contribution in [2.45, 2.75) is 0 Å². The molecule has 162 valence electrons. The number of hydrazone groups is 1. The van der Waals surface area contributed by atoms with Crippen LogP contribution in [0.1, 0.15) is 5.56 Å². The minimum atomic E-state index is -3.70. The number of anilines is 1. The van der Waals surface area contributed by atoms with Crippen molar-refractivity contribution < 1.29 is 13.2 Å². The number of sulfonamides is 1. The molecule has 4 aromatic carbocycles. The lowest BCUT2D eigenvalue weighted by Crippen LogP contribution is -2.39. The van der Waals surface area contributed by atoms with Crippen molar-refractivity contribution in [2.24, 2.45) is 5.10 Å². The van der Waals surface area contributed by atoms with Gasteiger partial charge in [0, 0.05) is 10.6 Å². The van der Waals surface area contributed by atoms with E-state index in [0.717, 1.165) is 37.7 Å². The van der Waals surface area contributed by atoms with Crippen molar-refractivity contribution in [3.8, 4) is 0 Å². The van der Waals surface area contributed by atoms with Crippen LogP contribution in [0.3, 0.4) is 0 Å². The Labute approximate surface area is 191 Å². The van der Waals surface area contributed by atoms with Gasteiger partial charge in [-0.1, -0.05) is 66.2 Å². The zero-order chi connectivity index (χ0) is 22.7. The third-order valence-electron chi connectivity index (χ3n) is 4.98. The fourth-order valence-corrected chi connectivity index (χ4v) is 4.59. The maximum Gasteiger partial charge on any atom is 0.260 e. The molecule has 4 rings (SSSR count). The van der Waals surface area contributed by atoms with Crippen LogP contribution in [0.2, 0.25) is 5.02 Å². The number of fused-ring (bicyclic) bond motifs is 2. The van der Waals surface area contributed by atoms with Crippen LogP contribution >= 0.6 is 11.6 Å². The molecule has 8 heteroatoms. The minimum absolute atomic E-state index is 0.305. The van der Waals surface area contributed by atoms with E-state index in [1.165, 1.54) is 6.07 Å². The maximum absolute atomic E-state index is 12.5. The second-order valence-corrected chi connectivity index (χ2v) is 9.62. The largest absolute Gasteiger partial charge is 0.271 e. The molecule has 0 saturated carbocycles. The third kappa shape index (κ3) is 4.74. The molecule has 1 amide bonds. The highest BCUT2D eigenvalue weighted by Gasteiger charge is 2.21. The summed E-state index contributed by atoms with van der Waals surface area (Å²) in [6.07, 6.45) is 2.62. The lowest BCUT2D eigenvalue weighted by Gasteiger charge is -2.21. The molecular formula is C24H20ClN3O3S. The number of carbonyl (C=O) groups is 1. The van der Waals surface area contributed by atoms with Gasteiger partial charge in [-0.2, -0.15) is 5.10 Å². The van der Waals surface area contributed by atoms with Crippen molar-refractivity contribution >= 4 is 61.0 Å². The van der Waals surface area contributed by atoms with Crippen molar-refractivity contribution in [2.75, 3.05) is 17.1 Å². The summed E-state index contributed by atoms with van der Waals surface area (Å²) < 4.78 is 25.4. The van der Waals surface area contributed by atoms with Gasteiger partial charge in [0.2, 0.25) is 10.0 Å². The Bertz CT molecular complexity index is 1400. The van der Waals surface area contributed by atoms with Crippen molar-refractivity contribution in [3.05, 3.63) is 89.4 Å². The molecule has 0 unspecified atom stereocenters. The highest BCUT2D eigenvalue weighted by Crippen LogP contribution is 2.27. The highest BCUT2D eigenvalue weighted by atomic mass is 35.5. The lowest BCUT2D eigenvalue weighted by atomic mass is 9.97. The summed E-state index contributed by atoms with van der Waals surface area (Å²) in [6.45, 7) is -0.424. The Balaban J connectivity index is 1.60. The number of carbonyl (C=O) groups excluding carboxylic acids is 1. The first-order valence-corrected chi connectivity index (χ1v) is 12.0. The van der Waals surface area contributed by atoms with Gasteiger partial charge < -0.3 is 0 Å². The molecule has 32 heavy (non-hydrogen) atoms. The van der Waals surface area contributed by atoms with Gasteiger partial charge in [0.05, 0.1) is 18.2 Å². The van der Waals surface area contributed by atoms with E-state index in [9.17, 15) is 13.2 Å². The fourth-order valence-electron chi connectivity index (χ4n) is 3.55. The lowest BCUT2D eigenvalue weighted by molar-refractivity contribution is -0.119. The Morgan fingerprint density at radius 3 is 2.19 bits per heavy atom. The van der Waals surface area contributed by atoms with E-state index in [2.05, 4.69) is 16.6 Å². The van der Waals surface area contributed by atoms with Crippen LogP contribution in [0, 0.1) is 0 Å². The van der Waals surface area contributed by atoms with Crippen LogP contribution < -0.4 is 9.73 Å². The monoisotopic (exact) mass is 465 g/mol. The number of hydrogen-bond donors (Lipinski definition) is 1. The average molecular weight is 466 g/mol. The van der Waals surface area contributed by atoms with Crippen molar-refractivity contribution in [3.63, 3.8) is 0 Å². The highest BCUT2D eigenvalue weighted by molar-refractivity contribution is 7.92. The quantitative estimate of drug-likeness (QED) is 0.257. The topological polar surface area (TPSA) is 78.8 Å². The first-order chi connectivity index (χ1) is 15.3. The molecule has 0 aliphatic rings. The first-order valence-electron chi connectivity index (χ1n) is 9.78. The van der Waals surface area contributed by atoms with E-state index in [-0.39, 0.29) is 0 Å². The van der Waals surface area contributed by atoms with E-state index in [1.807, 2.05) is 48.5 Å². The van der Waals surface area contributed by atoms with Crippen LogP contribution in [-0.2, 0) is 14.8 Å². The molecule has 0 spiro atoms. The number of nitrogens with one attached hydrogen (secondary N) is 1. The molecule has 4 aromatic rings. The third-order valence-corrected chi connectivity index (χ3v) is 6.36. The first kappa shape index (κ1) is 21.8. The molecule has 0 aliphatic heterocycles. The van der Waals surface area contributed by atoms with Crippen LogP contribution in [0.15, 0.2) is 84.0 Å². The number of benzene rings is 4. The minimum Gasteiger partial charge on any atom is -0.271 e. The average Bonchev–Trinajstić information content (AvgIpc) is 2.76. The summed E-state index contributed by atoms with van der Waals surface area (Å²) in [4.78, 5) is 12.5. The summed E-state index contributed by atoms with van der Waals surface area (Å²) in [5.41, 5.74) is 3.61. The smallest absolute Gasteiger partial charge is 0.260 e. The predicted octanol–water partition coefficient (Wildman–Crippen LogP) is 4.56. The second kappa shape index (κ2) is 8.98. The van der Waals surface area contributed by atoms with Gasteiger partial charge >= 0.3 is 0 Å². The molecular weight excluding hydrogens is 446 g/mol. The van der Waals surface area contributed by atoms with Gasteiger partial charge in [0.25, 0.3) is 5.91 Å². The molecule has 0 aromatic heterocycles. The summed E-state index contributed by atoms with van der Waals surface area (Å²) in [7, 11) is -3.70. The Morgan fingerprint density at radius 2 is 1.59 bits per heavy atom. The summed E-state index contributed by atoms with van der Waals surface area (Å²) in [6, 6.07) is 24.3. The summed E-state index contributed by atoms with van der Waals surface area (Å²) in [5, 5.41) is 8.61. The molecule has 0 heterocycles. The molecule has 0 fully saturated rings. The van der Waals surface area contributed by atoms with Crippen LogP contribution in [0.5, 0.6) is 0 Å². The van der Waals surface area contributed by atoms with Gasteiger partial charge in [-0.05, 0) is 45.8 Å². The molecule has 0 aliphatic carbocycles. The van der Waals surface area contributed by atoms with Crippen molar-refractivity contribution in [1.29, 1.82) is 0 Å². The normalized spacial score (nSPS) is 11.8. The number of amides is 1. The van der Waals surface area contributed by atoms with Crippen molar-refractivity contribution in [1.82, 2.24) is 5.43 Å². The molecule has 0 radical (unpaired) electrons. The zero-order valence-corrected chi connectivity index (χ0v) is 18.8. The van der Waals surface area contributed by atoms with Gasteiger partial charge in [-0.25, -0.2) is 13.8 Å². The molecule has 0 atom stereocenters. The Hall–Kier alpha value is -3.42. The van der Waals surface area contributed by atoms with E-state index < -0.39 is 22.5 Å². The number of nitrogens with zero attached hydrogens (tertiary/aromatic N) is 2.